The van der Waals surface area contributed by atoms with Crippen LogP contribution in [0.1, 0.15) is 24.8 Å². The van der Waals surface area contributed by atoms with Gasteiger partial charge in [0.25, 0.3) is 0 Å². The molecule has 0 radical (unpaired) electrons. The van der Waals surface area contributed by atoms with E-state index in [1.165, 1.54) is 19.3 Å². The highest BCUT2D eigenvalue weighted by Gasteiger charge is 2.14. The predicted octanol–water partition coefficient (Wildman–Crippen LogP) is 2.00. The van der Waals surface area contributed by atoms with Crippen LogP contribution in [-0.4, -0.2) is 49.9 Å². The molecule has 7 heteroatoms. The van der Waals surface area contributed by atoms with Gasteiger partial charge in [-0.05, 0) is 57.6 Å². The number of hydrogen-bond donors (Lipinski definition) is 3. The molecule has 0 aliphatic carbocycles. The van der Waals surface area contributed by atoms with Crippen LogP contribution in [0.5, 0.6) is 0 Å². The Hall–Kier alpha value is -1.63. The number of likely N-dealkylation sites (tertiary alicyclic amines) is 1. The summed E-state index contributed by atoms with van der Waals surface area (Å²) in [6.07, 6.45) is 3.59. The molecule has 1 aliphatic rings. The van der Waals surface area contributed by atoms with Crippen molar-refractivity contribution in [3.8, 4) is 0 Å². The van der Waals surface area contributed by atoms with E-state index >= 15 is 0 Å². The number of carbonyl (C=O) groups excluding carboxylic acids is 2. The van der Waals surface area contributed by atoms with Crippen LogP contribution >= 0.6 is 12.4 Å². The van der Waals surface area contributed by atoms with E-state index in [4.69, 9.17) is 0 Å². The molecule has 1 aromatic carbocycles. The summed E-state index contributed by atoms with van der Waals surface area (Å²) < 4.78 is 0. The van der Waals surface area contributed by atoms with Gasteiger partial charge in [0.1, 0.15) is 0 Å². The van der Waals surface area contributed by atoms with Crippen LogP contribution < -0.4 is 16.0 Å². The third-order valence-corrected chi connectivity index (χ3v) is 3.95. The highest BCUT2D eigenvalue weighted by Crippen LogP contribution is 2.20. The number of anilines is 2. The van der Waals surface area contributed by atoms with Gasteiger partial charge in [-0.1, -0.05) is 12.5 Å². The number of likely N-dealkylation sites (N-methyl/N-ethyl adjacent to an activating group) is 1. The summed E-state index contributed by atoms with van der Waals surface area (Å²) in [6.45, 7) is 4.61. The van der Waals surface area contributed by atoms with E-state index in [1.807, 2.05) is 19.1 Å². The Kier molecular flexibility index (Phi) is 8.74. The average Bonchev–Trinajstić information content (AvgIpc) is 2.52. The van der Waals surface area contributed by atoms with Crippen LogP contribution in [-0.2, 0) is 9.59 Å². The number of nitrogens with zero attached hydrogens (tertiary/aromatic N) is 1. The normalized spacial score (nSPS) is 14.6. The van der Waals surface area contributed by atoms with Gasteiger partial charge in [-0.2, -0.15) is 0 Å². The van der Waals surface area contributed by atoms with E-state index in [9.17, 15) is 9.59 Å². The maximum absolute atomic E-state index is 12.2. The maximum atomic E-state index is 12.2. The second-order valence-electron chi connectivity index (χ2n) is 5.99. The fourth-order valence-corrected chi connectivity index (χ4v) is 2.71. The molecule has 0 saturated carbocycles. The molecule has 134 valence electrons. The molecule has 1 aliphatic heterocycles. The third-order valence-electron chi connectivity index (χ3n) is 3.95. The summed E-state index contributed by atoms with van der Waals surface area (Å²) in [6, 6.07) is 5.53. The van der Waals surface area contributed by atoms with Gasteiger partial charge in [0.05, 0.1) is 13.1 Å². The van der Waals surface area contributed by atoms with Crippen LogP contribution in [0.3, 0.4) is 0 Å². The molecular weight excluding hydrogens is 328 g/mol. The molecular formula is C17H27ClN4O2. The van der Waals surface area contributed by atoms with Gasteiger partial charge in [-0.25, -0.2) is 0 Å². The predicted molar refractivity (Wildman–Crippen MR) is 99.9 cm³/mol. The first-order chi connectivity index (χ1) is 11.1. The molecule has 2 rings (SSSR count). The van der Waals surface area contributed by atoms with Crippen molar-refractivity contribution in [2.45, 2.75) is 26.2 Å². The maximum Gasteiger partial charge on any atom is 0.238 e. The third kappa shape index (κ3) is 6.47. The van der Waals surface area contributed by atoms with Crippen molar-refractivity contribution in [2.75, 3.05) is 43.9 Å². The van der Waals surface area contributed by atoms with Crippen molar-refractivity contribution in [2.24, 2.45) is 0 Å². The minimum atomic E-state index is -0.109. The van der Waals surface area contributed by atoms with E-state index in [-0.39, 0.29) is 30.8 Å². The van der Waals surface area contributed by atoms with Crippen LogP contribution in [0.4, 0.5) is 11.4 Å². The molecule has 1 fully saturated rings. The van der Waals surface area contributed by atoms with Crippen molar-refractivity contribution < 1.29 is 9.59 Å². The van der Waals surface area contributed by atoms with Crippen LogP contribution in [0.2, 0.25) is 0 Å². The Bertz CT molecular complexity index is 560. The highest BCUT2D eigenvalue weighted by molar-refractivity contribution is 5.96. The summed E-state index contributed by atoms with van der Waals surface area (Å²) in [5.41, 5.74) is 2.40. The molecule has 1 aromatic rings. The van der Waals surface area contributed by atoms with Crippen molar-refractivity contribution in [3.05, 3.63) is 23.8 Å². The molecule has 0 bridgehead atoms. The Morgan fingerprint density at radius 3 is 2.46 bits per heavy atom. The SMILES string of the molecule is CNCC(=O)Nc1ccc(C)c(NC(=O)CN2CCCCC2)c1.Cl. The number of amides is 2. The molecule has 2 amide bonds. The molecule has 24 heavy (non-hydrogen) atoms. The molecule has 1 heterocycles. The van der Waals surface area contributed by atoms with Gasteiger partial charge < -0.3 is 16.0 Å². The zero-order valence-electron chi connectivity index (χ0n) is 14.4. The lowest BCUT2D eigenvalue weighted by Gasteiger charge is -2.25. The lowest BCUT2D eigenvalue weighted by molar-refractivity contribution is -0.117. The summed E-state index contributed by atoms with van der Waals surface area (Å²) in [4.78, 5) is 26.0. The number of aryl methyl sites for hydroxylation is 1. The number of piperidine rings is 1. The zero-order chi connectivity index (χ0) is 16.7. The summed E-state index contributed by atoms with van der Waals surface area (Å²) in [5.74, 6) is -0.115. The lowest BCUT2D eigenvalue weighted by Crippen LogP contribution is -2.36. The van der Waals surface area contributed by atoms with Gasteiger partial charge in [0.2, 0.25) is 11.8 Å². The topological polar surface area (TPSA) is 73.5 Å². The van der Waals surface area contributed by atoms with Gasteiger partial charge in [0.15, 0.2) is 0 Å². The smallest absolute Gasteiger partial charge is 0.238 e. The van der Waals surface area contributed by atoms with Crippen LogP contribution in [0.15, 0.2) is 18.2 Å². The van der Waals surface area contributed by atoms with E-state index in [0.717, 1.165) is 24.3 Å². The number of rotatable bonds is 6. The fourth-order valence-electron chi connectivity index (χ4n) is 2.71. The second kappa shape index (κ2) is 10.3. The van der Waals surface area contributed by atoms with Gasteiger partial charge in [-0.15, -0.1) is 12.4 Å². The standard InChI is InChI=1S/C17H26N4O2.ClH/c1-13-6-7-14(19-16(22)11-18-2)10-15(13)20-17(23)12-21-8-4-3-5-9-21;/h6-7,10,18H,3-5,8-9,11-12H2,1-2H3,(H,19,22)(H,20,23);1H. The van der Waals surface area contributed by atoms with Crippen molar-refractivity contribution in [1.82, 2.24) is 10.2 Å². The summed E-state index contributed by atoms with van der Waals surface area (Å²) in [7, 11) is 1.72. The molecule has 3 N–H and O–H groups in total. The quantitative estimate of drug-likeness (QED) is 0.730. The van der Waals surface area contributed by atoms with Crippen LogP contribution in [0, 0.1) is 6.92 Å². The second-order valence-corrected chi connectivity index (χ2v) is 5.99. The Morgan fingerprint density at radius 2 is 1.79 bits per heavy atom. The molecule has 0 aromatic heterocycles. The number of carbonyl (C=O) groups is 2. The van der Waals surface area contributed by atoms with Crippen LogP contribution in [0.25, 0.3) is 0 Å². The van der Waals surface area contributed by atoms with E-state index in [2.05, 4.69) is 20.9 Å². The van der Waals surface area contributed by atoms with E-state index in [0.29, 0.717) is 12.2 Å². The first kappa shape index (κ1) is 20.4. The molecule has 6 nitrogen and oxygen atoms in total. The Balaban J connectivity index is 0.00000288. The number of nitrogens with one attached hydrogen (secondary N) is 3. The minimum Gasteiger partial charge on any atom is -0.325 e. The first-order valence-corrected chi connectivity index (χ1v) is 8.16. The highest BCUT2D eigenvalue weighted by atomic mass is 35.5. The zero-order valence-corrected chi connectivity index (χ0v) is 15.2. The lowest BCUT2D eigenvalue weighted by atomic mass is 10.1. The summed E-state index contributed by atoms with van der Waals surface area (Å²) >= 11 is 0. The fraction of sp³-hybridized carbons (Fsp3) is 0.529. The largest absolute Gasteiger partial charge is 0.325 e. The Morgan fingerprint density at radius 1 is 1.08 bits per heavy atom. The monoisotopic (exact) mass is 354 g/mol. The van der Waals surface area contributed by atoms with Gasteiger partial charge >= 0.3 is 0 Å². The Labute approximate surface area is 149 Å². The minimum absolute atomic E-state index is 0. The molecule has 0 atom stereocenters. The molecule has 0 spiro atoms. The average molecular weight is 355 g/mol. The molecule has 0 unspecified atom stereocenters. The number of halogens is 1. The van der Waals surface area contributed by atoms with E-state index < -0.39 is 0 Å². The van der Waals surface area contributed by atoms with Crippen molar-refractivity contribution in [1.29, 1.82) is 0 Å². The summed E-state index contributed by atoms with van der Waals surface area (Å²) in [5, 5.41) is 8.56. The van der Waals surface area contributed by atoms with Crippen molar-refractivity contribution in [3.63, 3.8) is 0 Å². The first-order valence-electron chi connectivity index (χ1n) is 8.16. The number of benzene rings is 1. The number of hydrogen-bond acceptors (Lipinski definition) is 4. The van der Waals surface area contributed by atoms with E-state index in [1.54, 1.807) is 13.1 Å². The van der Waals surface area contributed by atoms with Gasteiger partial charge in [-0.3, -0.25) is 14.5 Å². The molecule has 1 saturated heterocycles. The van der Waals surface area contributed by atoms with Gasteiger partial charge in [0, 0.05) is 11.4 Å². The van der Waals surface area contributed by atoms with Crippen molar-refractivity contribution >= 4 is 35.6 Å².